The van der Waals surface area contributed by atoms with E-state index in [1.54, 1.807) is 0 Å². The monoisotopic (exact) mass is 167 g/mol. The van der Waals surface area contributed by atoms with E-state index in [1.807, 2.05) is 30.3 Å². The van der Waals surface area contributed by atoms with Gasteiger partial charge in [-0.05, 0) is 12.1 Å². The van der Waals surface area contributed by atoms with Gasteiger partial charge in [0, 0.05) is 12.2 Å². The first-order valence-electron chi connectivity index (χ1n) is 3.91. The second-order valence-electron chi connectivity index (χ2n) is 2.58. The Bertz CT molecular complexity index is 213. The molecule has 0 unspecified atom stereocenters. The Balaban J connectivity index is 2.33. The molecule has 0 amide bonds. The number of rotatable bonds is 4. The molecule has 12 heavy (non-hydrogen) atoms. The van der Waals surface area contributed by atoms with Crippen LogP contribution < -0.4 is 5.32 Å². The van der Waals surface area contributed by atoms with Crippen LogP contribution in [0.5, 0.6) is 0 Å². The largest absolute Gasteiger partial charge is 0.394 e. The predicted octanol–water partition coefficient (Wildman–Crippen LogP) is 0.452. The van der Waals surface area contributed by atoms with Gasteiger partial charge in [-0.15, -0.1) is 0 Å². The lowest BCUT2D eigenvalue weighted by molar-refractivity contribution is 0.105. The van der Waals surface area contributed by atoms with Crippen LogP contribution in [0.3, 0.4) is 0 Å². The van der Waals surface area contributed by atoms with Crippen molar-refractivity contribution in [3.63, 3.8) is 0 Å². The molecule has 0 aromatic heterocycles. The van der Waals surface area contributed by atoms with Gasteiger partial charge in [-0.2, -0.15) is 0 Å². The summed E-state index contributed by atoms with van der Waals surface area (Å²) in [6.45, 7) is 0.167. The van der Waals surface area contributed by atoms with Gasteiger partial charge in [0.25, 0.3) is 0 Å². The van der Waals surface area contributed by atoms with Crippen molar-refractivity contribution >= 4 is 5.69 Å². The van der Waals surface area contributed by atoms with E-state index in [1.165, 1.54) is 0 Å². The Morgan fingerprint density at radius 3 is 2.50 bits per heavy atom. The second-order valence-corrected chi connectivity index (χ2v) is 2.58. The summed E-state index contributed by atoms with van der Waals surface area (Å²) in [5, 5.41) is 20.5. The van der Waals surface area contributed by atoms with Crippen LogP contribution in [-0.4, -0.2) is 29.5 Å². The zero-order valence-corrected chi connectivity index (χ0v) is 6.77. The Morgan fingerprint density at radius 2 is 1.92 bits per heavy atom. The fraction of sp³-hybridized carbons (Fsp3) is 0.333. The van der Waals surface area contributed by atoms with Gasteiger partial charge in [-0.1, -0.05) is 18.2 Å². The molecule has 3 N–H and O–H groups in total. The van der Waals surface area contributed by atoms with Gasteiger partial charge in [0.2, 0.25) is 0 Å². The predicted molar refractivity (Wildman–Crippen MR) is 48.0 cm³/mol. The number of hydrogen-bond donors (Lipinski definition) is 3. The van der Waals surface area contributed by atoms with Gasteiger partial charge < -0.3 is 15.5 Å². The van der Waals surface area contributed by atoms with Crippen LogP contribution in [-0.2, 0) is 0 Å². The van der Waals surface area contributed by atoms with Crippen LogP contribution in [0.1, 0.15) is 0 Å². The van der Waals surface area contributed by atoms with Crippen molar-refractivity contribution in [2.24, 2.45) is 0 Å². The van der Waals surface area contributed by atoms with Crippen LogP contribution in [0.2, 0.25) is 0 Å². The highest BCUT2D eigenvalue weighted by Gasteiger charge is 1.99. The van der Waals surface area contributed by atoms with E-state index in [-0.39, 0.29) is 6.61 Å². The molecule has 0 aliphatic heterocycles. The number of anilines is 1. The molecular formula is C9H13NO2. The summed E-state index contributed by atoms with van der Waals surface area (Å²) >= 11 is 0. The molecule has 0 bridgehead atoms. The average Bonchev–Trinajstić information content (AvgIpc) is 2.16. The molecule has 3 heteroatoms. The Kier molecular flexibility index (Phi) is 3.57. The van der Waals surface area contributed by atoms with Gasteiger partial charge >= 0.3 is 0 Å². The van der Waals surface area contributed by atoms with E-state index in [9.17, 15) is 0 Å². The summed E-state index contributed by atoms with van der Waals surface area (Å²) < 4.78 is 0. The topological polar surface area (TPSA) is 52.5 Å². The molecule has 1 rings (SSSR count). The van der Waals surface area contributed by atoms with E-state index in [4.69, 9.17) is 10.2 Å². The molecule has 1 aromatic rings. The lowest BCUT2D eigenvalue weighted by atomic mass is 10.3. The minimum absolute atomic E-state index is 0.208. The number of hydrogen-bond acceptors (Lipinski definition) is 3. The van der Waals surface area contributed by atoms with Crippen molar-refractivity contribution in [3.8, 4) is 0 Å². The van der Waals surface area contributed by atoms with E-state index in [0.717, 1.165) is 5.69 Å². The van der Waals surface area contributed by atoms with Crippen LogP contribution in [0.4, 0.5) is 5.69 Å². The molecule has 0 saturated heterocycles. The highest BCUT2D eigenvalue weighted by Crippen LogP contribution is 2.04. The van der Waals surface area contributed by atoms with Crippen molar-refractivity contribution in [1.29, 1.82) is 0 Å². The number of benzene rings is 1. The van der Waals surface area contributed by atoms with Gasteiger partial charge in [0.1, 0.15) is 0 Å². The molecule has 1 aromatic carbocycles. The Labute approximate surface area is 71.7 Å². The minimum Gasteiger partial charge on any atom is -0.394 e. The first kappa shape index (κ1) is 9.03. The zero-order valence-electron chi connectivity index (χ0n) is 6.77. The standard InChI is InChI=1S/C9H13NO2/c11-7-9(12)6-10-8-4-2-1-3-5-8/h1-5,9-12H,6-7H2/t9-/m0/s1. The highest BCUT2D eigenvalue weighted by molar-refractivity contribution is 5.42. The lowest BCUT2D eigenvalue weighted by Crippen LogP contribution is -2.22. The normalized spacial score (nSPS) is 12.5. The number of aliphatic hydroxyl groups excluding tert-OH is 2. The smallest absolute Gasteiger partial charge is 0.0942 e. The van der Waals surface area contributed by atoms with Crippen molar-refractivity contribution in [2.75, 3.05) is 18.5 Å². The summed E-state index contributed by atoms with van der Waals surface area (Å²) in [5.74, 6) is 0. The maximum absolute atomic E-state index is 9.01. The van der Waals surface area contributed by atoms with Gasteiger partial charge in [-0.3, -0.25) is 0 Å². The highest BCUT2D eigenvalue weighted by atomic mass is 16.3. The van der Waals surface area contributed by atoms with Crippen molar-refractivity contribution < 1.29 is 10.2 Å². The quantitative estimate of drug-likeness (QED) is 0.610. The van der Waals surface area contributed by atoms with Crippen molar-refractivity contribution in [1.82, 2.24) is 0 Å². The summed E-state index contributed by atoms with van der Waals surface area (Å²) in [6, 6.07) is 9.56. The summed E-state index contributed by atoms with van der Waals surface area (Å²) in [6.07, 6.45) is -0.690. The zero-order chi connectivity index (χ0) is 8.81. The third-order valence-corrected chi connectivity index (χ3v) is 1.53. The molecule has 0 aliphatic rings. The lowest BCUT2D eigenvalue weighted by Gasteiger charge is -2.09. The average molecular weight is 167 g/mol. The van der Waals surface area contributed by atoms with Crippen LogP contribution in [0.25, 0.3) is 0 Å². The van der Waals surface area contributed by atoms with E-state index >= 15 is 0 Å². The molecule has 0 fully saturated rings. The Morgan fingerprint density at radius 1 is 1.25 bits per heavy atom. The summed E-state index contributed by atoms with van der Waals surface area (Å²) in [4.78, 5) is 0. The Hall–Kier alpha value is -1.06. The van der Waals surface area contributed by atoms with Crippen molar-refractivity contribution in [3.05, 3.63) is 30.3 Å². The van der Waals surface area contributed by atoms with E-state index in [0.29, 0.717) is 6.54 Å². The molecule has 66 valence electrons. The molecule has 0 heterocycles. The fourth-order valence-corrected chi connectivity index (χ4v) is 0.856. The second kappa shape index (κ2) is 4.74. The molecule has 3 nitrogen and oxygen atoms in total. The third kappa shape index (κ3) is 2.90. The molecule has 0 spiro atoms. The molecule has 0 saturated carbocycles. The first-order chi connectivity index (χ1) is 5.83. The molecular weight excluding hydrogens is 154 g/mol. The summed E-state index contributed by atoms with van der Waals surface area (Å²) in [5.41, 5.74) is 0.949. The fourth-order valence-electron chi connectivity index (χ4n) is 0.856. The maximum atomic E-state index is 9.01. The molecule has 0 radical (unpaired) electrons. The molecule has 1 atom stereocenters. The molecule has 0 aliphatic carbocycles. The van der Waals surface area contributed by atoms with Gasteiger partial charge in [0.05, 0.1) is 12.7 Å². The van der Waals surface area contributed by atoms with E-state index in [2.05, 4.69) is 5.32 Å². The van der Waals surface area contributed by atoms with Crippen LogP contribution in [0.15, 0.2) is 30.3 Å². The number of para-hydroxylation sites is 1. The number of nitrogens with one attached hydrogen (secondary N) is 1. The van der Waals surface area contributed by atoms with Gasteiger partial charge in [0.15, 0.2) is 0 Å². The van der Waals surface area contributed by atoms with E-state index < -0.39 is 6.10 Å². The number of aliphatic hydroxyl groups is 2. The maximum Gasteiger partial charge on any atom is 0.0942 e. The third-order valence-electron chi connectivity index (χ3n) is 1.53. The van der Waals surface area contributed by atoms with Crippen molar-refractivity contribution in [2.45, 2.75) is 6.10 Å². The summed E-state index contributed by atoms with van der Waals surface area (Å²) in [7, 11) is 0. The SMILES string of the molecule is OC[C@@H](O)CNc1ccccc1. The van der Waals surface area contributed by atoms with Crippen LogP contribution in [0, 0.1) is 0 Å². The first-order valence-corrected chi connectivity index (χ1v) is 3.91. The van der Waals surface area contributed by atoms with Gasteiger partial charge in [-0.25, -0.2) is 0 Å². The van der Waals surface area contributed by atoms with Crippen LogP contribution >= 0.6 is 0 Å². The minimum atomic E-state index is -0.690.